The molecule has 0 saturated carbocycles. The predicted molar refractivity (Wildman–Crippen MR) is 105 cm³/mol. The zero-order valence-electron chi connectivity index (χ0n) is 15.8. The van der Waals surface area contributed by atoms with E-state index >= 15 is 0 Å². The number of piperidine rings is 1. The summed E-state index contributed by atoms with van der Waals surface area (Å²) in [6.07, 6.45) is 9.38. The van der Waals surface area contributed by atoms with Crippen molar-refractivity contribution in [2.24, 2.45) is 13.0 Å². The summed E-state index contributed by atoms with van der Waals surface area (Å²) in [6.45, 7) is 4.57. The van der Waals surface area contributed by atoms with Crippen LogP contribution in [0.15, 0.2) is 23.9 Å². The molecule has 0 unspecified atom stereocenters. The second-order valence-electron chi connectivity index (χ2n) is 6.79. The summed E-state index contributed by atoms with van der Waals surface area (Å²) >= 11 is 1.53. The van der Waals surface area contributed by atoms with Gasteiger partial charge in [0.05, 0.1) is 18.2 Å². The van der Waals surface area contributed by atoms with E-state index in [1.165, 1.54) is 11.8 Å². The largest absolute Gasteiger partial charge is 0.477 e. The molecule has 1 saturated heterocycles. The van der Waals surface area contributed by atoms with Crippen LogP contribution in [0.4, 0.5) is 5.82 Å². The van der Waals surface area contributed by atoms with Gasteiger partial charge < -0.3 is 9.64 Å². The van der Waals surface area contributed by atoms with Gasteiger partial charge in [-0.25, -0.2) is 15.0 Å². The number of hydrogen-bond donors (Lipinski definition) is 0. The van der Waals surface area contributed by atoms with Gasteiger partial charge in [-0.3, -0.25) is 4.68 Å². The lowest BCUT2D eigenvalue weighted by atomic mass is 9.97. The first kappa shape index (κ1) is 18.0. The molecule has 27 heavy (non-hydrogen) atoms. The van der Waals surface area contributed by atoms with Crippen LogP contribution in [0.5, 0.6) is 5.88 Å². The molecule has 0 N–H and O–H groups in total. The summed E-state index contributed by atoms with van der Waals surface area (Å²) in [4.78, 5) is 19.9. The summed E-state index contributed by atoms with van der Waals surface area (Å²) in [6, 6.07) is 0. The second kappa shape index (κ2) is 7.67. The summed E-state index contributed by atoms with van der Waals surface area (Å²) in [5.74, 6) is 2.19. The van der Waals surface area contributed by atoms with Crippen molar-refractivity contribution in [3.8, 4) is 5.88 Å². The Kier molecular flexibility index (Phi) is 5.11. The maximum atomic E-state index is 6.01. The van der Waals surface area contributed by atoms with Crippen LogP contribution in [0.2, 0.25) is 0 Å². The van der Waals surface area contributed by atoms with Crippen molar-refractivity contribution < 1.29 is 4.74 Å². The highest BCUT2D eigenvalue weighted by Crippen LogP contribution is 2.27. The number of aromatic nitrogens is 6. The number of fused-ring (bicyclic) bond motifs is 1. The SMILES string of the molecule is CSc1ncc(C)c(OCC2CCN(c3ncnc4c3cnn4C)CC2)n1. The lowest BCUT2D eigenvalue weighted by Crippen LogP contribution is -2.36. The molecule has 0 spiro atoms. The molecule has 0 bridgehead atoms. The molecule has 1 aliphatic rings. The normalized spacial score (nSPS) is 15.4. The molecule has 142 valence electrons. The fraction of sp³-hybridized carbons (Fsp3) is 0.500. The summed E-state index contributed by atoms with van der Waals surface area (Å²) in [5, 5.41) is 6.06. The number of rotatable bonds is 5. The van der Waals surface area contributed by atoms with Gasteiger partial charge in [0.2, 0.25) is 5.88 Å². The zero-order valence-corrected chi connectivity index (χ0v) is 16.6. The van der Waals surface area contributed by atoms with Crippen molar-refractivity contribution in [1.82, 2.24) is 29.7 Å². The minimum Gasteiger partial charge on any atom is -0.477 e. The summed E-state index contributed by atoms with van der Waals surface area (Å²) < 4.78 is 7.80. The van der Waals surface area contributed by atoms with E-state index in [1.54, 1.807) is 11.0 Å². The lowest BCUT2D eigenvalue weighted by molar-refractivity contribution is 0.213. The van der Waals surface area contributed by atoms with Crippen LogP contribution in [-0.4, -0.2) is 55.7 Å². The van der Waals surface area contributed by atoms with Crippen LogP contribution in [0.25, 0.3) is 11.0 Å². The van der Waals surface area contributed by atoms with Crippen molar-refractivity contribution in [1.29, 1.82) is 0 Å². The van der Waals surface area contributed by atoms with Gasteiger partial charge in [0.1, 0.15) is 12.1 Å². The molecule has 4 heterocycles. The van der Waals surface area contributed by atoms with Crippen molar-refractivity contribution >= 4 is 28.6 Å². The molecule has 0 atom stereocenters. The van der Waals surface area contributed by atoms with Crippen molar-refractivity contribution in [2.45, 2.75) is 24.9 Å². The van der Waals surface area contributed by atoms with Gasteiger partial charge in [-0.2, -0.15) is 10.1 Å². The summed E-state index contributed by atoms with van der Waals surface area (Å²) in [5.41, 5.74) is 1.85. The minimum atomic E-state index is 0.513. The van der Waals surface area contributed by atoms with E-state index in [0.29, 0.717) is 18.4 Å². The van der Waals surface area contributed by atoms with Crippen LogP contribution in [0.1, 0.15) is 18.4 Å². The van der Waals surface area contributed by atoms with Crippen molar-refractivity contribution in [3.05, 3.63) is 24.3 Å². The highest BCUT2D eigenvalue weighted by atomic mass is 32.2. The number of anilines is 1. The molecule has 3 aromatic rings. The van der Waals surface area contributed by atoms with Gasteiger partial charge in [-0.05, 0) is 31.9 Å². The number of nitrogens with zero attached hydrogens (tertiary/aromatic N) is 7. The first-order chi connectivity index (χ1) is 13.2. The Morgan fingerprint density at radius 2 is 2.00 bits per heavy atom. The van der Waals surface area contributed by atoms with E-state index in [4.69, 9.17) is 4.74 Å². The summed E-state index contributed by atoms with van der Waals surface area (Å²) in [7, 11) is 1.90. The molecule has 3 aromatic heterocycles. The smallest absolute Gasteiger partial charge is 0.220 e. The number of aryl methyl sites for hydroxylation is 2. The third-order valence-corrected chi connectivity index (χ3v) is 5.53. The molecule has 1 aliphatic heterocycles. The van der Waals surface area contributed by atoms with E-state index in [-0.39, 0.29) is 0 Å². The molecule has 1 fully saturated rings. The van der Waals surface area contributed by atoms with Gasteiger partial charge in [-0.15, -0.1) is 0 Å². The van der Waals surface area contributed by atoms with E-state index in [2.05, 4.69) is 29.9 Å². The predicted octanol–water partition coefficient (Wildman–Crippen LogP) is 2.48. The second-order valence-corrected chi connectivity index (χ2v) is 7.56. The Balaban J connectivity index is 1.38. The Morgan fingerprint density at radius 3 is 2.78 bits per heavy atom. The van der Waals surface area contributed by atoms with Crippen molar-refractivity contribution in [3.63, 3.8) is 0 Å². The van der Waals surface area contributed by atoms with Crippen molar-refractivity contribution in [2.75, 3.05) is 30.9 Å². The average molecular weight is 385 g/mol. The van der Waals surface area contributed by atoms with Gasteiger partial charge in [0.25, 0.3) is 0 Å². The third-order valence-electron chi connectivity index (χ3n) is 4.96. The highest BCUT2D eigenvalue weighted by Gasteiger charge is 2.23. The van der Waals surface area contributed by atoms with Crippen LogP contribution in [-0.2, 0) is 7.05 Å². The Hall–Kier alpha value is -2.42. The van der Waals surface area contributed by atoms with Gasteiger partial charge in [-0.1, -0.05) is 11.8 Å². The molecule has 4 rings (SSSR count). The van der Waals surface area contributed by atoms with Gasteiger partial charge >= 0.3 is 0 Å². The first-order valence-corrected chi connectivity index (χ1v) is 10.3. The maximum absolute atomic E-state index is 6.01. The van der Waals surface area contributed by atoms with Crippen LogP contribution < -0.4 is 9.64 Å². The van der Waals surface area contributed by atoms with Gasteiger partial charge in [0.15, 0.2) is 10.8 Å². The fourth-order valence-electron chi connectivity index (χ4n) is 3.37. The Bertz CT molecular complexity index is 937. The average Bonchev–Trinajstić information content (AvgIpc) is 3.09. The molecule has 0 aliphatic carbocycles. The molecule has 9 heteroatoms. The van der Waals surface area contributed by atoms with E-state index in [0.717, 1.165) is 53.5 Å². The molecule has 0 radical (unpaired) electrons. The molecule has 0 amide bonds. The molecule has 0 aromatic carbocycles. The van der Waals surface area contributed by atoms with E-state index in [9.17, 15) is 0 Å². The molecular weight excluding hydrogens is 362 g/mol. The standard InChI is InChI=1S/C18H23N7OS/c1-12-8-19-18(27-3)23-17(12)26-10-13-4-6-25(7-5-13)16-14-9-22-24(2)15(14)20-11-21-16/h8-9,11,13H,4-7,10H2,1-3H3. The van der Waals surface area contributed by atoms with Gasteiger partial charge in [0, 0.05) is 31.9 Å². The quantitative estimate of drug-likeness (QED) is 0.489. The fourth-order valence-corrected chi connectivity index (χ4v) is 3.70. The third kappa shape index (κ3) is 3.69. The Labute approximate surface area is 162 Å². The van der Waals surface area contributed by atoms with E-state index in [1.807, 2.05) is 32.6 Å². The zero-order chi connectivity index (χ0) is 18.8. The Morgan fingerprint density at radius 1 is 1.19 bits per heavy atom. The minimum absolute atomic E-state index is 0.513. The topological polar surface area (TPSA) is 81.9 Å². The van der Waals surface area contributed by atoms with Crippen LogP contribution in [0, 0.1) is 12.8 Å². The molecular formula is C18H23N7OS. The first-order valence-electron chi connectivity index (χ1n) is 9.03. The lowest BCUT2D eigenvalue weighted by Gasteiger charge is -2.32. The number of hydrogen-bond acceptors (Lipinski definition) is 8. The number of ether oxygens (including phenoxy) is 1. The number of thioether (sulfide) groups is 1. The van der Waals surface area contributed by atoms with E-state index < -0.39 is 0 Å². The van der Waals surface area contributed by atoms with Crippen LogP contribution >= 0.6 is 11.8 Å². The molecule has 8 nitrogen and oxygen atoms in total. The maximum Gasteiger partial charge on any atom is 0.220 e. The monoisotopic (exact) mass is 385 g/mol. The highest BCUT2D eigenvalue weighted by molar-refractivity contribution is 7.98. The van der Waals surface area contributed by atoms with Crippen LogP contribution in [0.3, 0.4) is 0 Å².